The predicted molar refractivity (Wildman–Crippen MR) is 135 cm³/mol. The first kappa shape index (κ1) is 24.1. The van der Waals surface area contributed by atoms with Gasteiger partial charge in [-0.05, 0) is 67.4 Å². The quantitative estimate of drug-likeness (QED) is 0.347. The summed E-state index contributed by atoms with van der Waals surface area (Å²) in [4.78, 5) is 12.9. The van der Waals surface area contributed by atoms with E-state index in [-0.39, 0.29) is 24.2 Å². The minimum Gasteiger partial charge on any atom is -0.493 e. The molecule has 4 rings (SSSR count). The van der Waals surface area contributed by atoms with Gasteiger partial charge in [-0.3, -0.25) is 10.2 Å². The molecule has 1 amide bonds. The standard InChI is InChI=1S/C27H26N2O3.ClH/c1-3-31-26(28)20-8-11-24(12-9-20)29-27(30)22-14-15-32-25-13-10-21(16-23(25)17-22)19-6-4-18(2)5-7-19;/h4-13,16-17,28H,3,14-15H2,1-2H3,(H,29,30);1H. The Morgan fingerprint density at radius 2 is 1.73 bits per heavy atom. The lowest BCUT2D eigenvalue weighted by molar-refractivity contribution is -0.113. The van der Waals surface area contributed by atoms with Crippen molar-refractivity contribution >= 4 is 36.0 Å². The molecule has 170 valence electrons. The molecule has 3 aromatic carbocycles. The van der Waals surface area contributed by atoms with Gasteiger partial charge in [-0.2, -0.15) is 0 Å². The van der Waals surface area contributed by atoms with Crippen molar-refractivity contribution in [3.8, 4) is 16.9 Å². The SMILES string of the molecule is CCOC(=N)c1ccc(NC(=O)C2=Cc3cc(-c4ccc(C)cc4)ccc3OCC2)cc1.Cl. The number of rotatable bonds is 5. The zero-order chi connectivity index (χ0) is 22.5. The Labute approximate surface area is 200 Å². The van der Waals surface area contributed by atoms with Crippen LogP contribution < -0.4 is 10.1 Å². The second-order valence-corrected chi connectivity index (χ2v) is 7.68. The fourth-order valence-corrected chi connectivity index (χ4v) is 3.57. The summed E-state index contributed by atoms with van der Waals surface area (Å²) < 4.78 is 11.1. The van der Waals surface area contributed by atoms with E-state index in [1.54, 1.807) is 24.3 Å². The molecular weight excluding hydrogens is 436 g/mol. The van der Waals surface area contributed by atoms with Gasteiger partial charge in [-0.1, -0.05) is 35.9 Å². The van der Waals surface area contributed by atoms with Gasteiger partial charge in [-0.25, -0.2) is 0 Å². The highest BCUT2D eigenvalue weighted by atomic mass is 35.5. The van der Waals surface area contributed by atoms with E-state index < -0.39 is 0 Å². The number of ether oxygens (including phenoxy) is 2. The minimum atomic E-state index is -0.158. The van der Waals surface area contributed by atoms with E-state index in [0.717, 1.165) is 22.4 Å². The van der Waals surface area contributed by atoms with Crippen molar-refractivity contribution in [2.45, 2.75) is 20.3 Å². The summed E-state index contributed by atoms with van der Waals surface area (Å²) in [5.74, 6) is 0.743. The Morgan fingerprint density at radius 3 is 2.42 bits per heavy atom. The van der Waals surface area contributed by atoms with Gasteiger partial charge in [0.05, 0.1) is 13.2 Å². The smallest absolute Gasteiger partial charge is 0.251 e. The fraction of sp³-hybridized carbons (Fsp3) is 0.185. The van der Waals surface area contributed by atoms with Crippen molar-refractivity contribution in [3.63, 3.8) is 0 Å². The van der Waals surface area contributed by atoms with Crippen LogP contribution in [0, 0.1) is 12.3 Å². The normalized spacial score (nSPS) is 12.2. The molecule has 2 N–H and O–H groups in total. The third kappa shape index (κ3) is 5.82. The molecule has 6 heteroatoms. The van der Waals surface area contributed by atoms with Crippen LogP contribution in [-0.2, 0) is 9.53 Å². The second kappa shape index (κ2) is 10.8. The van der Waals surface area contributed by atoms with E-state index in [4.69, 9.17) is 14.9 Å². The van der Waals surface area contributed by atoms with Crippen LogP contribution in [0.15, 0.2) is 72.3 Å². The molecule has 0 aliphatic carbocycles. The average molecular weight is 463 g/mol. The van der Waals surface area contributed by atoms with E-state index in [0.29, 0.717) is 36.5 Å². The molecule has 0 fully saturated rings. The van der Waals surface area contributed by atoms with E-state index >= 15 is 0 Å². The number of amides is 1. The number of carbonyl (C=O) groups excluding carboxylic acids is 1. The molecular formula is C27H27ClN2O3. The molecule has 0 spiro atoms. The van der Waals surface area contributed by atoms with Crippen LogP contribution in [0.2, 0.25) is 0 Å². The van der Waals surface area contributed by atoms with Crippen LogP contribution in [0.25, 0.3) is 17.2 Å². The number of anilines is 1. The third-order valence-corrected chi connectivity index (χ3v) is 5.34. The summed E-state index contributed by atoms with van der Waals surface area (Å²) in [6, 6.07) is 21.5. The molecule has 0 saturated carbocycles. The predicted octanol–water partition coefficient (Wildman–Crippen LogP) is 6.25. The maximum absolute atomic E-state index is 12.9. The number of carbonyl (C=O) groups is 1. The van der Waals surface area contributed by atoms with Crippen LogP contribution >= 0.6 is 12.4 Å². The lowest BCUT2D eigenvalue weighted by Crippen LogP contribution is -2.15. The van der Waals surface area contributed by atoms with Crippen molar-refractivity contribution in [2.24, 2.45) is 0 Å². The largest absolute Gasteiger partial charge is 0.493 e. The summed E-state index contributed by atoms with van der Waals surface area (Å²) in [6.07, 6.45) is 2.43. The molecule has 0 atom stereocenters. The number of hydrogen-bond donors (Lipinski definition) is 2. The number of fused-ring (bicyclic) bond motifs is 1. The summed E-state index contributed by atoms with van der Waals surface area (Å²) in [5, 5.41) is 10.8. The van der Waals surface area contributed by atoms with Crippen LogP contribution in [0.5, 0.6) is 5.75 Å². The Kier molecular flexibility index (Phi) is 7.91. The van der Waals surface area contributed by atoms with Crippen molar-refractivity contribution < 1.29 is 14.3 Å². The van der Waals surface area contributed by atoms with Crippen molar-refractivity contribution in [2.75, 3.05) is 18.5 Å². The van der Waals surface area contributed by atoms with Crippen LogP contribution in [0.1, 0.15) is 30.0 Å². The lowest BCUT2D eigenvalue weighted by Gasteiger charge is -2.09. The topological polar surface area (TPSA) is 71.4 Å². The number of benzene rings is 3. The molecule has 3 aromatic rings. The molecule has 1 heterocycles. The van der Waals surface area contributed by atoms with Gasteiger partial charge in [0, 0.05) is 28.8 Å². The molecule has 0 saturated heterocycles. The van der Waals surface area contributed by atoms with Gasteiger partial charge in [0.1, 0.15) is 5.75 Å². The van der Waals surface area contributed by atoms with E-state index in [1.165, 1.54) is 5.56 Å². The Bertz CT molecular complexity index is 1170. The second-order valence-electron chi connectivity index (χ2n) is 7.68. The lowest BCUT2D eigenvalue weighted by atomic mass is 10.00. The van der Waals surface area contributed by atoms with Gasteiger partial charge in [0.2, 0.25) is 5.90 Å². The minimum absolute atomic E-state index is 0. The molecule has 0 radical (unpaired) electrons. The molecule has 1 aliphatic rings. The van der Waals surface area contributed by atoms with E-state index in [2.05, 4.69) is 42.6 Å². The molecule has 0 bridgehead atoms. The Morgan fingerprint density at radius 1 is 1.03 bits per heavy atom. The summed E-state index contributed by atoms with van der Waals surface area (Å²) in [5.41, 5.74) is 6.32. The van der Waals surface area contributed by atoms with Crippen LogP contribution in [-0.4, -0.2) is 25.0 Å². The molecule has 0 aromatic heterocycles. The van der Waals surface area contributed by atoms with Gasteiger partial charge < -0.3 is 14.8 Å². The molecule has 0 unspecified atom stereocenters. The Hall–Kier alpha value is -3.57. The van der Waals surface area contributed by atoms with E-state index in [9.17, 15) is 4.79 Å². The number of hydrogen-bond acceptors (Lipinski definition) is 4. The maximum Gasteiger partial charge on any atom is 0.251 e. The van der Waals surface area contributed by atoms with Gasteiger partial charge in [0.25, 0.3) is 5.91 Å². The van der Waals surface area contributed by atoms with Crippen molar-refractivity contribution in [1.82, 2.24) is 0 Å². The summed E-state index contributed by atoms with van der Waals surface area (Å²) >= 11 is 0. The van der Waals surface area contributed by atoms with Crippen molar-refractivity contribution in [1.29, 1.82) is 5.41 Å². The fourth-order valence-electron chi connectivity index (χ4n) is 3.57. The monoisotopic (exact) mass is 462 g/mol. The zero-order valence-corrected chi connectivity index (χ0v) is 19.5. The van der Waals surface area contributed by atoms with Crippen molar-refractivity contribution in [3.05, 3.63) is 89.0 Å². The first-order chi connectivity index (χ1) is 15.5. The van der Waals surface area contributed by atoms with Gasteiger partial charge in [0.15, 0.2) is 0 Å². The molecule has 5 nitrogen and oxygen atoms in total. The summed E-state index contributed by atoms with van der Waals surface area (Å²) in [7, 11) is 0. The maximum atomic E-state index is 12.9. The van der Waals surface area contributed by atoms with Crippen LogP contribution in [0.4, 0.5) is 5.69 Å². The highest BCUT2D eigenvalue weighted by Crippen LogP contribution is 2.31. The highest BCUT2D eigenvalue weighted by molar-refractivity contribution is 6.07. The highest BCUT2D eigenvalue weighted by Gasteiger charge is 2.16. The summed E-state index contributed by atoms with van der Waals surface area (Å²) in [6.45, 7) is 4.80. The van der Waals surface area contributed by atoms with Gasteiger partial charge >= 0.3 is 0 Å². The Balaban J connectivity index is 0.00000306. The number of aryl methyl sites for hydroxylation is 1. The average Bonchev–Trinajstić information content (AvgIpc) is 3.02. The zero-order valence-electron chi connectivity index (χ0n) is 18.7. The van der Waals surface area contributed by atoms with Gasteiger partial charge in [-0.15, -0.1) is 12.4 Å². The first-order valence-corrected chi connectivity index (χ1v) is 10.7. The van der Waals surface area contributed by atoms with E-state index in [1.807, 2.05) is 25.1 Å². The first-order valence-electron chi connectivity index (χ1n) is 10.7. The third-order valence-electron chi connectivity index (χ3n) is 5.34. The molecule has 1 aliphatic heterocycles. The number of halogens is 1. The number of nitrogens with one attached hydrogen (secondary N) is 2. The molecule has 33 heavy (non-hydrogen) atoms. The van der Waals surface area contributed by atoms with Crippen LogP contribution in [0.3, 0.4) is 0 Å².